The van der Waals surface area contributed by atoms with Gasteiger partial charge in [0, 0.05) is 18.6 Å². The first-order chi connectivity index (χ1) is 33.4. The predicted molar refractivity (Wildman–Crippen MR) is 262 cm³/mol. The number of carbonyl (C=O) groups excluding carboxylic acids is 3. The number of phosphoric ester groups is 4. The van der Waals surface area contributed by atoms with Crippen molar-refractivity contribution in [3.63, 3.8) is 0 Å². The monoisotopic (exact) mass is 1120 g/mol. The number of carbonyl (C=O) groups is 3. The van der Waals surface area contributed by atoms with E-state index in [9.17, 15) is 77.1 Å². The van der Waals surface area contributed by atoms with Gasteiger partial charge < -0.3 is 53.9 Å². The Labute approximate surface area is 423 Å². The maximum absolute atomic E-state index is 13.3. The Morgan fingerprint density at radius 2 is 0.887 bits per heavy atom. The molecule has 0 saturated heterocycles. The summed E-state index contributed by atoms with van der Waals surface area (Å²) in [5.41, 5.74) is 0. The topological polar surface area (TPSA) is 366 Å². The number of rotatable bonds is 44. The Hall–Kier alpha value is -0.680. The van der Waals surface area contributed by atoms with Crippen molar-refractivity contribution in [2.45, 2.75) is 236 Å². The molecule has 420 valence electrons. The summed E-state index contributed by atoms with van der Waals surface area (Å²) < 4.78 is 82.2. The molecular formula is C43H84O23P4S. The van der Waals surface area contributed by atoms with E-state index in [4.69, 9.17) is 18.5 Å². The molecule has 0 bridgehead atoms. The lowest BCUT2D eigenvalue weighted by atomic mass is 9.85. The van der Waals surface area contributed by atoms with E-state index >= 15 is 0 Å². The summed E-state index contributed by atoms with van der Waals surface area (Å²) in [5.74, 6) is -0.748. The third-order valence-electron chi connectivity index (χ3n) is 11.4. The van der Waals surface area contributed by atoms with Crippen molar-refractivity contribution < 1.29 is 109 Å². The lowest BCUT2D eigenvalue weighted by Crippen LogP contribution is -2.65. The molecule has 0 aliphatic heterocycles. The first-order valence-corrected chi connectivity index (χ1v) is 32.2. The molecule has 0 aromatic heterocycles. The number of thioether (sulfide) groups is 1. The summed E-state index contributed by atoms with van der Waals surface area (Å²) in [6.45, 7) is 3.17. The highest BCUT2D eigenvalue weighted by Crippen LogP contribution is 2.53. The van der Waals surface area contributed by atoms with Gasteiger partial charge in [-0.2, -0.15) is 0 Å². The van der Waals surface area contributed by atoms with Crippen molar-refractivity contribution in [1.29, 1.82) is 0 Å². The van der Waals surface area contributed by atoms with E-state index in [1.165, 1.54) is 56.7 Å². The predicted octanol–water partition coefficient (Wildman–Crippen LogP) is 8.34. The number of ether oxygens (including phenoxy) is 2. The molecule has 1 saturated carbocycles. The molecule has 8 atom stereocenters. The van der Waals surface area contributed by atoms with E-state index in [1.54, 1.807) is 0 Å². The quantitative estimate of drug-likeness (QED) is 0.0157. The minimum Gasteiger partial charge on any atom is -0.466 e. The molecule has 0 amide bonds. The van der Waals surface area contributed by atoms with E-state index in [-0.39, 0.29) is 18.1 Å². The average molecular weight is 1130 g/mol. The van der Waals surface area contributed by atoms with Crippen LogP contribution in [0.5, 0.6) is 0 Å². The van der Waals surface area contributed by atoms with E-state index in [0.717, 1.165) is 102 Å². The van der Waals surface area contributed by atoms with Crippen LogP contribution in [0.1, 0.15) is 194 Å². The molecule has 0 aromatic carbocycles. The minimum atomic E-state index is -5.80. The SMILES string of the molecule is CCCCCCCCCCCCCCCC(=O)O[C@@H](COP(=O)(O)OC1C(O)[C@H](OP(=O)(O)O)C(OP(=O)(O)O)[C@H](OP(=O)(O)O)[C@@H]1O)CC(=O)OCCCCCCCCCCCCCSC(=O)CCC. The van der Waals surface area contributed by atoms with Crippen LogP contribution in [0.3, 0.4) is 0 Å². The van der Waals surface area contributed by atoms with Crippen molar-refractivity contribution in [3.05, 3.63) is 0 Å². The van der Waals surface area contributed by atoms with Gasteiger partial charge in [-0.15, -0.1) is 0 Å². The number of aliphatic hydroxyl groups excluding tert-OH is 2. The Morgan fingerprint density at radius 1 is 0.479 bits per heavy atom. The van der Waals surface area contributed by atoms with Crippen LogP contribution in [0.15, 0.2) is 0 Å². The second-order valence-corrected chi connectivity index (χ2v) is 24.0. The van der Waals surface area contributed by atoms with Gasteiger partial charge in [0.2, 0.25) is 0 Å². The molecule has 0 radical (unpaired) electrons. The van der Waals surface area contributed by atoms with Crippen molar-refractivity contribution >= 4 is 60.1 Å². The van der Waals surface area contributed by atoms with Gasteiger partial charge in [0.1, 0.15) is 42.7 Å². The summed E-state index contributed by atoms with van der Waals surface area (Å²) >= 11 is 1.43. The van der Waals surface area contributed by atoms with E-state index in [1.807, 2.05) is 6.92 Å². The van der Waals surface area contributed by atoms with Crippen LogP contribution in [0, 0.1) is 0 Å². The Bertz CT molecular complexity index is 1620. The molecule has 4 unspecified atom stereocenters. The molecule has 0 heterocycles. The van der Waals surface area contributed by atoms with Gasteiger partial charge >= 0.3 is 43.2 Å². The van der Waals surface area contributed by atoms with Crippen molar-refractivity contribution in [2.24, 2.45) is 0 Å². The zero-order valence-corrected chi connectivity index (χ0v) is 45.8. The summed E-state index contributed by atoms with van der Waals surface area (Å²) in [7, 11) is -23.1. The molecular weight excluding hydrogens is 1040 g/mol. The number of hydrogen-bond donors (Lipinski definition) is 9. The number of aliphatic hydroxyl groups is 2. The van der Waals surface area contributed by atoms with Crippen molar-refractivity contribution in [1.82, 2.24) is 0 Å². The Morgan fingerprint density at radius 3 is 1.32 bits per heavy atom. The number of phosphoric acid groups is 4. The highest BCUT2D eigenvalue weighted by molar-refractivity contribution is 8.13. The zero-order chi connectivity index (χ0) is 53.4. The molecule has 1 fully saturated rings. The molecule has 1 rings (SSSR count). The van der Waals surface area contributed by atoms with E-state index in [2.05, 4.69) is 20.5 Å². The van der Waals surface area contributed by atoms with Gasteiger partial charge in [-0.3, -0.25) is 37.0 Å². The van der Waals surface area contributed by atoms with Crippen LogP contribution in [0.25, 0.3) is 0 Å². The molecule has 0 spiro atoms. The van der Waals surface area contributed by atoms with Crippen LogP contribution in [-0.4, -0.2) is 123 Å². The third kappa shape index (κ3) is 36.1. The Balaban J connectivity index is 2.85. The van der Waals surface area contributed by atoms with Crippen LogP contribution in [-0.2, 0) is 64.7 Å². The number of unbranched alkanes of at least 4 members (excludes halogenated alkanes) is 22. The van der Waals surface area contributed by atoms with E-state index in [0.29, 0.717) is 25.7 Å². The van der Waals surface area contributed by atoms with E-state index < -0.39 is 99.0 Å². The molecule has 1 aliphatic rings. The van der Waals surface area contributed by atoms with Gasteiger partial charge in [0.15, 0.2) is 5.12 Å². The fourth-order valence-corrected chi connectivity index (χ4v) is 11.4. The third-order valence-corrected chi connectivity index (χ3v) is 15.0. The van der Waals surface area contributed by atoms with Crippen molar-refractivity contribution in [3.8, 4) is 0 Å². The lowest BCUT2D eigenvalue weighted by molar-refractivity contribution is -0.209. The zero-order valence-electron chi connectivity index (χ0n) is 41.4. The largest absolute Gasteiger partial charge is 0.472 e. The number of esters is 2. The van der Waals surface area contributed by atoms with Crippen LogP contribution in [0.4, 0.5) is 0 Å². The summed E-state index contributed by atoms with van der Waals surface area (Å²) in [4.78, 5) is 105. The minimum absolute atomic E-state index is 0.0309. The maximum Gasteiger partial charge on any atom is 0.472 e. The fraction of sp³-hybridized carbons (Fsp3) is 0.930. The first kappa shape index (κ1) is 68.3. The first-order valence-electron chi connectivity index (χ1n) is 25.1. The van der Waals surface area contributed by atoms with Gasteiger partial charge in [-0.1, -0.05) is 160 Å². The molecule has 28 heteroatoms. The average Bonchev–Trinajstić information content (AvgIpc) is 3.26. The van der Waals surface area contributed by atoms with Crippen LogP contribution < -0.4 is 0 Å². The fourth-order valence-electron chi connectivity index (χ4n) is 7.83. The molecule has 0 aromatic rings. The summed E-state index contributed by atoms with van der Waals surface area (Å²) in [5, 5.41) is 22.1. The molecule has 71 heavy (non-hydrogen) atoms. The molecule has 9 N–H and O–H groups in total. The highest BCUT2D eigenvalue weighted by atomic mass is 32.2. The van der Waals surface area contributed by atoms with Gasteiger partial charge in [0.05, 0.1) is 19.6 Å². The summed E-state index contributed by atoms with van der Waals surface area (Å²) in [6.07, 6.45) is 7.57. The second-order valence-electron chi connectivity index (χ2n) is 17.9. The van der Waals surface area contributed by atoms with Gasteiger partial charge in [-0.05, 0) is 25.7 Å². The molecule has 23 nitrogen and oxygen atoms in total. The maximum atomic E-state index is 13.3. The second kappa shape index (κ2) is 38.0. The van der Waals surface area contributed by atoms with Gasteiger partial charge in [-0.25, -0.2) is 18.3 Å². The highest BCUT2D eigenvalue weighted by Gasteiger charge is 2.59. The molecule has 1 aliphatic carbocycles. The summed E-state index contributed by atoms with van der Waals surface area (Å²) in [6, 6.07) is 0. The van der Waals surface area contributed by atoms with Gasteiger partial charge in [0.25, 0.3) is 0 Å². The lowest BCUT2D eigenvalue weighted by Gasteiger charge is -2.45. The number of hydrogen-bond acceptors (Lipinski definition) is 17. The smallest absolute Gasteiger partial charge is 0.466 e. The van der Waals surface area contributed by atoms with Crippen LogP contribution >= 0.6 is 43.1 Å². The normalized spacial score (nSPS) is 21.2. The Kier molecular flexibility index (Phi) is 36.5. The van der Waals surface area contributed by atoms with Crippen LogP contribution in [0.2, 0.25) is 0 Å². The van der Waals surface area contributed by atoms with Crippen molar-refractivity contribution in [2.75, 3.05) is 19.0 Å². The standard InChI is InChI=1S/C43H84O23P4S/c1-3-5-6-7-8-9-10-11-13-16-19-22-25-29-35(44)62-34(32-36(45)60-30-26-23-20-17-14-12-15-18-21-24-27-31-71-37(46)28-4-2)33-61-70(58,59)66-40-38(47)41(63-67(49,50)51)43(65-69(55,56)57)42(39(40)48)64-68(52,53)54/h34,38-43,47-48H,3-33H2,1-2H3,(H,58,59)(H2,49,50,51)(H2,52,53,54)(H2,55,56,57)/t34-,38-,39?,40?,41-,42+,43?/m1/s1.